The molecular weight excluding hydrogens is 258 g/mol. The van der Waals surface area contributed by atoms with Crippen LogP contribution < -0.4 is 0 Å². The molecule has 110 valence electrons. The van der Waals surface area contributed by atoms with Crippen LogP contribution in [0, 0.1) is 17.0 Å². The van der Waals surface area contributed by atoms with E-state index in [9.17, 15) is 13.9 Å². The maximum Gasteiger partial charge on any atom is 0.126 e. The summed E-state index contributed by atoms with van der Waals surface area (Å²) in [5, 5.41) is 10.7. The third-order valence-corrected chi connectivity index (χ3v) is 5.36. The molecule has 1 spiro atoms. The second-order valence-electron chi connectivity index (χ2n) is 6.89. The van der Waals surface area contributed by atoms with E-state index in [2.05, 4.69) is 0 Å². The van der Waals surface area contributed by atoms with Crippen molar-refractivity contribution in [2.75, 3.05) is 0 Å². The molecule has 0 aromatic heterocycles. The van der Waals surface area contributed by atoms with Crippen molar-refractivity contribution in [3.63, 3.8) is 0 Å². The first-order valence-electron chi connectivity index (χ1n) is 7.66. The van der Waals surface area contributed by atoms with Crippen molar-refractivity contribution in [3.05, 3.63) is 35.4 Å². The quantitative estimate of drug-likeness (QED) is 0.852. The fourth-order valence-electron chi connectivity index (χ4n) is 4.14. The lowest BCUT2D eigenvalue weighted by Gasteiger charge is -2.42. The van der Waals surface area contributed by atoms with Crippen molar-refractivity contribution >= 4 is 0 Å². The summed E-state index contributed by atoms with van der Waals surface area (Å²) < 4.78 is 26.5. The molecule has 2 saturated carbocycles. The smallest absolute Gasteiger partial charge is 0.126 e. The van der Waals surface area contributed by atoms with Crippen LogP contribution in [0.4, 0.5) is 8.78 Å². The van der Waals surface area contributed by atoms with Crippen molar-refractivity contribution in [3.8, 4) is 0 Å². The Morgan fingerprint density at radius 3 is 1.95 bits per heavy atom. The van der Waals surface area contributed by atoms with Crippen LogP contribution in [0.3, 0.4) is 0 Å². The molecule has 2 aliphatic rings. The van der Waals surface area contributed by atoms with Crippen LogP contribution in [0.5, 0.6) is 0 Å². The van der Waals surface area contributed by atoms with Gasteiger partial charge in [-0.2, -0.15) is 0 Å². The Balaban J connectivity index is 1.68. The highest BCUT2D eigenvalue weighted by atomic mass is 19.1. The van der Waals surface area contributed by atoms with Gasteiger partial charge >= 0.3 is 0 Å². The van der Waals surface area contributed by atoms with Gasteiger partial charge in [-0.3, -0.25) is 0 Å². The normalized spacial score (nSPS) is 24.1. The predicted molar refractivity (Wildman–Crippen MR) is 74.4 cm³/mol. The van der Waals surface area contributed by atoms with Gasteiger partial charge < -0.3 is 5.11 Å². The molecule has 0 radical (unpaired) electrons. The molecule has 0 saturated heterocycles. The summed E-state index contributed by atoms with van der Waals surface area (Å²) in [5.74, 6) is -1.13. The summed E-state index contributed by atoms with van der Waals surface area (Å²) in [4.78, 5) is 0. The van der Waals surface area contributed by atoms with Crippen molar-refractivity contribution in [2.24, 2.45) is 5.41 Å². The van der Waals surface area contributed by atoms with Gasteiger partial charge in [-0.05, 0) is 61.6 Å². The van der Waals surface area contributed by atoms with E-state index in [0.717, 1.165) is 31.7 Å². The first-order valence-corrected chi connectivity index (χ1v) is 7.66. The Labute approximate surface area is 119 Å². The van der Waals surface area contributed by atoms with E-state index in [4.69, 9.17) is 0 Å². The number of aliphatic hydroxyl groups is 1. The van der Waals surface area contributed by atoms with Crippen LogP contribution in [-0.2, 0) is 6.42 Å². The zero-order valence-corrected chi connectivity index (χ0v) is 11.8. The monoisotopic (exact) mass is 280 g/mol. The van der Waals surface area contributed by atoms with E-state index in [1.807, 2.05) is 0 Å². The number of rotatable bonds is 2. The largest absolute Gasteiger partial charge is 0.390 e. The van der Waals surface area contributed by atoms with Crippen LogP contribution in [0.25, 0.3) is 0 Å². The summed E-state index contributed by atoms with van der Waals surface area (Å²) in [6, 6.07) is 3.55. The Morgan fingerprint density at radius 2 is 1.40 bits per heavy atom. The van der Waals surface area contributed by atoms with Crippen LogP contribution in [0.1, 0.15) is 56.9 Å². The summed E-state index contributed by atoms with van der Waals surface area (Å²) in [6.45, 7) is 0. The summed E-state index contributed by atoms with van der Waals surface area (Å²) in [5.41, 5.74) is 0.236. The van der Waals surface area contributed by atoms with Gasteiger partial charge in [0.05, 0.1) is 5.60 Å². The maximum atomic E-state index is 13.2. The molecule has 2 fully saturated rings. The molecule has 1 aromatic carbocycles. The van der Waals surface area contributed by atoms with Crippen LogP contribution in [0.15, 0.2) is 18.2 Å². The van der Waals surface area contributed by atoms with Gasteiger partial charge in [-0.15, -0.1) is 0 Å². The van der Waals surface area contributed by atoms with E-state index < -0.39 is 17.2 Å². The van der Waals surface area contributed by atoms with Crippen LogP contribution in [0.2, 0.25) is 0 Å². The van der Waals surface area contributed by atoms with E-state index in [-0.39, 0.29) is 0 Å². The third-order valence-electron chi connectivity index (χ3n) is 5.36. The maximum absolute atomic E-state index is 13.2. The molecule has 1 aromatic rings. The predicted octanol–water partition coefficient (Wildman–Crippen LogP) is 4.37. The molecule has 1 nitrogen and oxygen atoms in total. The molecule has 3 rings (SSSR count). The SMILES string of the molecule is OC1(Cc2cc(F)cc(F)c2)CCC2(CCCC2)CC1. The average molecular weight is 280 g/mol. The molecule has 0 bridgehead atoms. The number of halogens is 2. The average Bonchev–Trinajstić information content (AvgIpc) is 2.81. The number of hydrogen-bond acceptors (Lipinski definition) is 1. The fourth-order valence-corrected chi connectivity index (χ4v) is 4.14. The molecule has 0 atom stereocenters. The lowest BCUT2D eigenvalue weighted by molar-refractivity contribution is -0.0322. The lowest BCUT2D eigenvalue weighted by atomic mass is 9.66. The van der Waals surface area contributed by atoms with E-state index in [0.29, 0.717) is 17.4 Å². The van der Waals surface area contributed by atoms with Gasteiger partial charge in [-0.25, -0.2) is 8.78 Å². The molecule has 0 amide bonds. The van der Waals surface area contributed by atoms with Crippen molar-refractivity contribution in [1.82, 2.24) is 0 Å². The molecule has 20 heavy (non-hydrogen) atoms. The zero-order chi connectivity index (χ0) is 14.2. The minimum Gasteiger partial charge on any atom is -0.390 e. The topological polar surface area (TPSA) is 20.2 Å². The van der Waals surface area contributed by atoms with Gasteiger partial charge in [0.1, 0.15) is 11.6 Å². The van der Waals surface area contributed by atoms with Crippen molar-refractivity contribution in [1.29, 1.82) is 0 Å². The third kappa shape index (κ3) is 2.88. The number of benzene rings is 1. The Morgan fingerprint density at radius 1 is 0.850 bits per heavy atom. The highest BCUT2D eigenvalue weighted by Crippen LogP contribution is 2.51. The molecule has 0 heterocycles. The van der Waals surface area contributed by atoms with Gasteiger partial charge in [-0.1, -0.05) is 12.8 Å². The lowest BCUT2D eigenvalue weighted by Crippen LogP contribution is -2.39. The fraction of sp³-hybridized carbons (Fsp3) is 0.647. The zero-order valence-electron chi connectivity index (χ0n) is 11.8. The summed E-state index contributed by atoms with van der Waals surface area (Å²) in [7, 11) is 0. The minimum absolute atomic E-state index is 0.359. The first-order chi connectivity index (χ1) is 9.49. The standard InChI is InChI=1S/C17H22F2O/c18-14-9-13(10-15(19)11-14)12-17(20)7-5-16(6-8-17)3-1-2-4-16/h9-11,20H,1-8,12H2. The van der Waals surface area contributed by atoms with Crippen LogP contribution in [-0.4, -0.2) is 10.7 Å². The minimum atomic E-state index is -0.784. The molecule has 0 aliphatic heterocycles. The molecule has 1 N–H and O–H groups in total. The molecular formula is C17H22F2O. The van der Waals surface area contributed by atoms with E-state index >= 15 is 0 Å². The van der Waals surface area contributed by atoms with Gasteiger partial charge in [0.25, 0.3) is 0 Å². The van der Waals surface area contributed by atoms with Gasteiger partial charge in [0, 0.05) is 12.5 Å². The highest BCUT2D eigenvalue weighted by molar-refractivity contribution is 5.20. The van der Waals surface area contributed by atoms with Gasteiger partial charge in [0.2, 0.25) is 0 Å². The summed E-state index contributed by atoms with van der Waals surface area (Å²) in [6.07, 6.45) is 9.19. The van der Waals surface area contributed by atoms with Crippen molar-refractivity contribution in [2.45, 2.75) is 63.4 Å². The van der Waals surface area contributed by atoms with Crippen LogP contribution >= 0.6 is 0 Å². The molecule has 0 unspecified atom stereocenters. The van der Waals surface area contributed by atoms with E-state index in [1.165, 1.54) is 37.8 Å². The Kier molecular flexibility index (Phi) is 3.57. The second-order valence-corrected chi connectivity index (χ2v) is 6.89. The molecule has 2 aliphatic carbocycles. The highest BCUT2D eigenvalue weighted by Gasteiger charge is 2.42. The second kappa shape index (κ2) is 5.10. The number of hydrogen-bond donors (Lipinski definition) is 1. The summed E-state index contributed by atoms with van der Waals surface area (Å²) >= 11 is 0. The van der Waals surface area contributed by atoms with E-state index in [1.54, 1.807) is 0 Å². The van der Waals surface area contributed by atoms with Crippen molar-refractivity contribution < 1.29 is 13.9 Å². The molecule has 3 heteroatoms. The van der Waals surface area contributed by atoms with Gasteiger partial charge in [0.15, 0.2) is 0 Å². The Hall–Kier alpha value is -0.960. The Bertz CT molecular complexity index is 462. The first kappa shape index (κ1) is 14.0.